The van der Waals surface area contributed by atoms with Crippen LogP contribution >= 0.6 is 34.5 Å². The van der Waals surface area contributed by atoms with E-state index in [1.165, 1.54) is 11.3 Å². The highest BCUT2D eigenvalue weighted by atomic mass is 35.5. The Hall–Kier alpha value is -1.49. The van der Waals surface area contributed by atoms with E-state index in [0.29, 0.717) is 15.8 Å². The molecular formula is C16H13Cl2NO2S. The Labute approximate surface area is 141 Å². The highest BCUT2D eigenvalue weighted by Crippen LogP contribution is 2.35. The fraction of sp³-hybridized carbons (Fsp3) is 0.188. The Kier molecular flexibility index (Phi) is 4.17. The molecule has 0 radical (unpaired) electrons. The Morgan fingerprint density at radius 1 is 1.18 bits per heavy atom. The van der Waals surface area contributed by atoms with Crippen molar-refractivity contribution in [2.75, 3.05) is 0 Å². The van der Waals surface area contributed by atoms with E-state index in [0.717, 1.165) is 21.3 Å². The molecule has 0 saturated heterocycles. The third-order valence-corrected chi connectivity index (χ3v) is 5.50. The second kappa shape index (κ2) is 5.95. The molecule has 3 rings (SSSR count). The van der Waals surface area contributed by atoms with Gasteiger partial charge in [-0.2, -0.15) is 0 Å². The molecule has 114 valence electrons. The lowest BCUT2D eigenvalue weighted by Crippen LogP contribution is -2.16. The minimum Gasteiger partial charge on any atom is -0.471 e. The van der Waals surface area contributed by atoms with Crippen molar-refractivity contribution in [3.63, 3.8) is 0 Å². The average molecular weight is 354 g/mol. The van der Waals surface area contributed by atoms with Gasteiger partial charge in [0.25, 0.3) is 0 Å². The first kappa shape index (κ1) is 15.4. The number of halogens is 2. The number of thiazole rings is 1. The van der Waals surface area contributed by atoms with Gasteiger partial charge in [0.15, 0.2) is 6.73 Å². The van der Waals surface area contributed by atoms with E-state index >= 15 is 0 Å². The van der Waals surface area contributed by atoms with Gasteiger partial charge in [0.2, 0.25) is 0 Å². The van der Waals surface area contributed by atoms with Crippen LogP contribution in [-0.2, 0) is 6.73 Å². The number of hydrogen-bond acceptors (Lipinski definition) is 3. The largest absolute Gasteiger partial charge is 0.471 e. The zero-order valence-corrected chi connectivity index (χ0v) is 14.4. The van der Waals surface area contributed by atoms with Crippen molar-refractivity contribution in [1.82, 2.24) is 4.57 Å². The van der Waals surface area contributed by atoms with Crippen molar-refractivity contribution in [2.45, 2.75) is 20.6 Å². The number of para-hydroxylation sites is 1. The maximum Gasteiger partial charge on any atom is 0.310 e. The number of rotatable bonds is 3. The van der Waals surface area contributed by atoms with Gasteiger partial charge in [-0.3, -0.25) is 9.36 Å². The SMILES string of the molecule is Cc1cc(OCn2c(=O)sc3ccccc32)c(Cl)c(C)c1Cl. The van der Waals surface area contributed by atoms with Gasteiger partial charge >= 0.3 is 4.87 Å². The third-order valence-electron chi connectivity index (χ3n) is 3.49. The number of aryl methyl sites for hydroxylation is 1. The summed E-state index contributed by atoms with van der Waals surface area (Å²) in [6.45, 7) is 3.85. The van der Waals surface area contributed by atoms with Crippen LogP contribution in [0.5, 0.6) is 5.75 Å². The predicted octanol–water partition coefficient (Wildman–Crippen LogP) is 5.02. The third kappa shape index (κ3) is 2.62. The summed E-state index contributed by atoms with van der Waals surface area (Å²) < 4.78 is 8.29. The summed E-state index contributed by atoms with van der Waals surface area (Å²) >= 11 is 13.6. The Bertz CT molecular complexity index is 914. The van der Waals surface area contributed by atoms with Gasteiger partial charge in [0.1, 0.15) is 5.75 Å². The van der Waals surface area contributed by atoms with E-state index in [9.17, 15) is 4.79 Å². The molecule has 0 aliphatic rings. The Morgan fingerprint density at radius 2 is 1.91 bits per heavy atom. The van der Waals surface area contributed by atoms with Crippen molar-refractivity contribution >= 4 is 44.8 Å². The molecule has 0 atom stereocenters. The van der Waals surface area contributed by atoms with Crippen LogP contribution in [0.15, 0.2) is 35.1 Å². The van der Waals surface area contributed by atoms with E-state index in [1.54, 1.807) is 10.6 Å². The van der Waals surface area contributed by atoms with Gasteiger partial charge < -0.3 is 4.74 Å². The molecular weight excluding hydrogens is 341 g/mol. The first-order chi connectivity index (χ1) is 10.5. The molecule has 0 amide bonds. The summed E-state index contributed by atoms with van der Waals surface area (Å²) in [4.78, 5) is 12.0. The Morgan fingerprint density at radius 3 is 2.68 bits per heavy atom. The lowest BCUT2D eigenvalue weighted by molar-refractivity contribution is 0.239. The molecule has 0 fully saturated rings. The monoisotopic (exact) mass is 353 g/mol. The van der Waals surface area contributed by atoms with Gasteiger partial charge in [0.05, 0.1) is 15.2 Å². The van der Waals surface area contributed by atoms with E-state index in [2.05, 4.69) is 0 Å². The van der Waals surface area contributed by atoms with Crippen LogP contribution in [0.2, 0.25) is 10.0 Å². The lowest BCUT2D eigenvalue weighted by atomic mass is 10.1. The van der Waals surface area contributed by atoms with Crippen molar-refractivity contribution in [1.29, 1.82) is 0 Å². The predicted molar refractivity (Wildman–Crippen MR) is 92.6 cm³/mol. The molecule has 0 spiro atoms. The second-order valence-corrected chi connectivity index (χ2v) is 6.73. The van der Waals surface area contributed by atoms with Crippen molar-refractivity contribution in [2.24, 2.45) is 0 Å². The molecule has 1 heterocycles. The number of fused-ring (bicyclic) bond motifs is 1. The van der Waals surface area contributed by atoms with Crippen LogP contribution in [0.25, 0.3) is 10.2 Å². The standard InChI is InChI=1S/C16H13Cl2NO2S/c1-9-7-12(15(18)10(2)14(9)17)21-8-19-11-5-3-4-6-13(11)22-16(19)20/h3-7H,8H2,1-2H3. The fourth-order valence-corrected chi connectivity index (χ4v) is 3.56. The maximum absolute atomic E-state index is 12.1. The van der Waals surface area contributed by atoms with Gasteiger partial charge in [0, 0.05) is 5.02 Å². The van der Waals surface area contributed by atoms with E-state index in [-0.39, 0.29) is 11.6 Å². The quantitative estimate of drug-likeness (QED) is 0.661. The maximum atomic E-state index is 12.1. The molecule has 0 bridgehead atoms. The molecule has 3 nitrogen and oxygen atoms in total. The number of ether oxygens (including phenoxy) is 1. The first-order valence-corrected chi connectivity index (χ1v) is 8.22. The molecule has 6 heteroatoms. The minimum atomic E-state index is -0.0558. The zero-order chi connectivity index (χ0) is 15.9. The molecule has 3 aromatic rings. The smallest absolute Gasteiger partial charge is 0.310 e. The van der Waals surface area contributed by atoms with E-state index in [4.69, 9.17) is 27.9 Å². The normalized spacial score (nSPS) is 11.1. The summed E-state index contributed by atoms with van der Waals surface area (Å²) in [6.07, 6.45) is 0. The first-order valence-electron chi connectivity index (χ1n) is 6.65. The summed E-state index contributed by atoms with van der Waals surface area (Å²) in [5.74, 6) is 0.531. The molecule has 0 unspecified atom stereocenters. The van der Waals surface area contributed by atoms with Crippen LogP contribution in [0.4, 0.5) is 0 Å². The molecule has 0 aliphatic carbocycles. The van der Waals surface area contributed by atoms with Crippen molar-refractivity contribution in [3.05, 3.63) is 61.2 Å². The molecule has 2 aromatic carbocycles. The topological polar surface area (TPSA) is 31.2 Å². The molecule has 1 aromatic heterocycles. The number of benzene rings is 2. The number of hydrogen-bond donors (Lipinski definition) is 0. The van der Waals surface area contributed by atoms with Gasteiger partial charge in [-0.05, 0) is 43.2 Å². The van der Waals surface area contributed by atoms with Crippen LogP contribution in [0, 0.1) is 13.8 Å². The molecule has 0 saturated carbocycles. The summed E-state index contributed by atoms with van der Waals surface area (Å²) in [6, 6.07) is 9.41. The van der Waals surface area contributed by atoms with Crippen LogP contribution < -0.4 is 9.61 Å². The van der Waals surface area contributed by atoms with Crippen LogP contribution in [0.1, 0.15) is 11.1 Å². The van der Waals surface area contributed by atoms with Gasteiger partial charge in [-0.1, -0.05) is 46.7 Å². The van der Waals surface area contributed by atoms with Gasteiger partial charge in [-0.15, -0.1) is 0 Å². The fourth-order valence-electron chi connectivity index (χ4n) is 2.28. The summed E-state index contributed by atoms with van der Waals surface area (Å²) in [5.41, 5.74) is 2.53. The number of nitrogens with zero attached hydrogens (tertiary/aromatic N) is 1. The summed E-state index contributed by atoms with van der Waals surface area (Å²) in [5, 5.41) is 1.11. The molecule has 0 aliphatic heterocycles. The van der Waals surface area contributed by atoms with Crippen LogP contribution in [-0.4, -0.2) is 4.57 Å². The summed E-state index contributed by atoms with van der Waals surface area (Å²) in [7, 11) is 0. The average Bonchev–Trinajstić information content (AvgIpc) is 2.83. The minimum absolute atomic E-state index is 0.0558. The van der Waals surface area contributed by atoms with E-state index in [1.807, 2.05) is 38.1 Å². The Balaban J connectivity index is 1.95. The highest BCUT2D eigenvalue weighted by Gasteiger charge is 2.13. The lowest BCUT2D eigenvalue weighted by Gasteiger charge is -2.13. The van der Waals surface area contributed by atoms with Crippen molar-refractivity contribution in [3.8, 4) is 5.75 Å². The highest BCUT2D eigenvalue weighted by molar-refractivity contribution is 7.16. The second-order valence-electron chi connectivity index (χ2n) is 4.98. The van der Waals surface area contributed by atoms with Crippen molar-refractivity contribution < 1.29 is 4.74 Å². The molecule has 22 heavy (non-hydrogen) atoms. The van der Waals surface area contributed by atoms with E-state index < -0.39 is 0 Å². The van der Waals surface area contributed by atoms with Crippen LogP contribution in [0.3, 0.4) is 0 Å². The zero-order valence-electron chi connectivity index (χ0n) is 12.0. The number of aromatic nitrogens is 1. The molecule has 0 N–H and O–H groups in total. The van der Waals surface area contributed by atoms with Gasteiger partial charge in [-0.25, -0.2) is 0 Å².